The van der Waals surface area contributed by atoms with Crippen molar-refractivity contribution in [2.24, 2.45) is 28.8 Å². The predicted molar refractivity (Wildman–Crippen MR) is 172 cm³/mol. The first-order valence-electron chi connectivity index (χ1n) is 17.1. The molecule has 0 aliphatic carbocycles. The quantitative estimate of drug-likeness (QED) is 0.157. The van der Waals surface area contributed by atoms with Crippen LogP contribution in [-0.2, 0) is 38.0 Å². The number of carbonyl (C=O) groups excluding carboxylic acids is 1. The van der Waals surface area contributed by atoms with E-state index in [9.17, 15) is 20.2 Å². The Morgan fingerprint density at radius 1 is 1.00 bits per heavy atom. The Bertz CT molecular complexity index is 1110. The molecule has 47 heavy (non-hydrogen) atoms. The summed E-state index contributed by atoms with van der Waals surface area (Å²) in [6.45, 7) is 16.9. The number of oxime groups is 1. The number of ether oxygens (including phenoxy) is 7. The third-order valence-corrected chi connectivity index (χ3v) is 11.3. The topological polar surface area (TPSA) is 158 Å². The van der Waals surface area contributed by atoms with Gasteiger partial charge in [-0.15, -0.1) is 0 Å². The zero-order valence-corrected chi connectivity index (χ0v) is 30.3. The van der Waals surface area contributed by atoms with E-state index < -0.39 is 78.2 Å². The van der Waals surface area contributed by atoms with E-state index in [-0.39, 0.29) is 42.2 Å². The molecule has 2 bridgehead atoms. The summed E-state index contributed by atoms with van der Waals surface area (Å²) in [7, 11) is 5.39. The maximum atomic E-state index is 14.0. The number of fused-ring (bicyclic) bond motifs is 2. The number of esters is 1. The minimum Gasteiger partial charge on any atom is -0.455 e. The SMILES string of the molecule is CO[C@]1(C)C[C@H](O[C@H]2[C@H](C)[C@@H](O[C@@H]3O[C@H](C)C[C@H](N(C)C)[C@H]3O)[C@@]3(C)CC(C)C(O3)[C@H](C)[C@H](/C(C)=N/O)OC(=O)[C@@H]2C)O[C@@H](C)[C@@H]1O. The van der Waals surface area contributed by atoms with E-state index in [4.69, 9.17) is 33.2 Å². The molecule has 272 valence electrons. The van der Waals surface area contributed by atoms with Gasteiger partial charge in [-0.3, -0.25) is 4.79 Å². The van der Waals surface area contributed by atoms with Crippen molar-refractivity contribution >= 4 is 11.7 Å². The van der Waals surface area contributed by atoms with Gasteiger partial charge in [-0.25, -0.2) is 0 Å². The Labute approximate surface area is 280 Å². The number of likely N-dealkylation sites (N-methyl/N-ethyl adjacent to an activating group) is 1. The molecule has 4 aliphatic heterocycles. The highest BCUT2D eigenvalue weighted by Crippen LogP contribution is 2.47. The largest absolute Gasteiger partial charge is 0.455 e. The summed E-state index contributed by atoms with van der Waals surface area (Å²) in [6, 6.07) is -0.191. The first-order chi connectivity index (χ1) is 21.9. The number of carbonyl (C=O) groups is 1. The third kappa shape index (κ3) is 7.68. The van der Waals surface area contributed by atoms with Crippen molar-refractivity contribution in [1.29, 1.82) is 0 Å². The van der Waals surface area contributed by atoms with E-state index >= 15 is 0 Å². The van der Waals surface area contributed by atoms with E-state index in [1.54, 1.807) is 27.7 Å². The fraction of sp³-hybridized carbons (Fsp3) is 0.941. The van der Waals surface area contributed by atoms with Crippen molar-refractivity contribution in [1.82, 2.24) is 4.90 Å². The average Bonchev–Trinajstić information content (AvgIpc) is 3.33. The van der Waals surface area contributed by atoms with Crippen molar-refractivity contribution in [3.63, 3.8) is 0 Å². The van der Waals surface area contributed by atoms with Crippen molar-refractivity contribution in [2.45, 2.75) is 160 Å². The normalized spacial score (nSPS) is 50.2. The molecule has 4 heterocycles. The standard InChI is InChI=1S/C34H60N2O11/c1-16-14-34(9)30(46-32-25(37)23(36(10)11)13-17(2)42-32)19(4)27(44-24-15-33(8,41-12)29(38)22(7)43-24)20(5)31(39)45-28(21(6)35-40)18(3)26(16)47-34/h16-20,22-30,32,37-38,40H,13-15H2,1-12H3/b35-21+/t16?,17-,18+,19+,20-,22+,23+,24+,25-,26?,27+,28-,29+,30-,32+,33-,34-/m1/s1. The van der Waals surface area contributed by atoms with Crippen LogP contribution in [0.25, 0.3) is 0 Å². The minimum absolute atomic E-state index is 0.0225. The number of cyclic esters (lactones) is 1. The highest BCUT2D eigenvalue weighted by atomic mass is 16.7. The highest BCUT2D eigenvalue weighted by Gasteiger charge is 2.57. The highest BCUT2D eigenvalue weighted by molar-refractivity contribution is 5.88. The molecule has 0 saturated carbocycles. The lowest BCUT2D eigenvalue weighted by molar-refractivity contribution is -0.318. The molecule has 3 N–H and O–H groups in total. The lowest BCUT2D eigenvalue weighted by Gasteiger charge is -2.48. The van der Waals surface area contributed by atoms with Crippen LogP contribution in [0.15, 0.2) is 5.16 Å². The van der Waals surface area contributed by atoms with Gasteiger partial charge in [0.25, 0.3) is 0 Å². The second kappa shape index (κ2) is 14.8. The van der Waals surface area contributed by atoms with Crippen LogP contribution in [0.3, 0.4) is 0 Å². The number of hydrogen-bond acceptors (Lipinski definition) is 13. The van der Waals surface area contributed by atoms with Crippen molar-refractivity contribution in [3.05, 3.63) is 0 Å². The molecule has 0 aromatic carbocycles. The Hall–Kier alpha value is -1.42. The second-order valence-corrected chi connectivity index (χ2v) is 15.3. The summed E-state index contributed by atoms with van der Waals surface area (Å²) in [6.07, 6.45) is -5.70. The minimum atomic E-state index is -0.965. The molecule has 17 atom stereocenters. The smallest absolute Gasteiger partial charge is 0.311 e. The molecule has 4 rings (SSSR count). The number of aliphatic hydroxyl groups is 2. The molecule has 0 spiro atoms. The maximum Gasteiger partial charge on any atom is 0.311 e. The van der Waals surface area contributed by atoms with Crippen LogP contribution >= 0.6 is 0 Å². The summed E-state index contributed by atoms with van der Waals surface area (Å²) in [5.41, 5.74) is -1.58. The van der Waals surface area contributed by atoms with Gasteiger partial charge in [0.05, 0.1) is 53.4 Å². The molecule has 4 aliphatic rings. The average molecular weight is 673 g/mol. The summed E-state index contributed by atoms with van der Waals surface area (Å²) in [5, 5.41) is 35.5. The summed E-state index contributed by atoms with van der Waals surface area (Å²) >= 11 is 0. The van der Waals surface area contributed by atoms with Gasteiger partial charge in [-0.2, -0.15) is 0 Å². The van der Waals surface area contributed by atoms with Crippen LogP contribution in [0.1, 0.15) is 81.6 Å². The molecule has 2 unspecified atom stereocenters. The van der Waals surface area contributed by atoms with Gasteiger partial charge in [0, 0.05) is 31.4 Å². The molecular formula is C34H60N2O11. The van der Waals surface area contributed by atoms with E-state index in [1.165, 1.54) is 7.11 Å². The Morgan fingerprint density at radius 2 is 1.66 bits per heavy atom. The lowest BCUT2D eigenvalue weighted by atomic mass is 9.77. The first-order valence-corrected chi connectivity index (χ1v) is 17.1. The van der Waals surface area contributed by atoms with Gasteiger partial charge in [-0.1, -0.05) is 25.9 Å². The van der Waals surface area contributed by atoms with Gasteiger partial charge in [0.15, 0.2) is 12.6 Å². The van der Waals surface area contributed by atoms with E-state index in [2.05, 4.69) is 12.1 Å². The van der Waals surface area contributed by atoms with Crippen LogP contribution in [0.2, 0.25) is 0 Å². The van der Waals surface area contributed by atoms with E-state index in [0.717, 1.165) is 0 Å². The maximum absolute atomic E-state index is 14.0. The van der Waals surface area contributed by atoms with Crippen molar-refractivity contribution in [2.75, 3.05) is 21.2 Å². The van der Waals surface area contributed by atoms with E-state index in [0.29, 0.717) is 12.8 Å². The van der Waals surface area contributed by atoms with Gasteiger partial charge in [0.1, 0.15) is 18.3 Å². The molecular weight excluding hydrogens is 612 g/mol. The summed E-state index contributed by atoms with van der Waals surface area (Å²) < 4.78 is 44.8. The predicted octanol–water partition coefficient (Wildman–Crippen LogP) is 2.95. The fourth-order valence-corrected chi connectivity index (χ4v) is 8.47. The van der Waals surface area contributed by atoms with Crippen molar-refractivity contribution in [3.8, 4) is 0 Å². The molecule has 0 aromatic heterocycles. The Balaban J connectivity index is 1.79. The third-order valence-electron chi connectivity index (χ3n) is 11.3. The molecule has 4 saturated heterocycles. The number of methoxy groups -OCH3 is 1. The number of aliphatic hydroxyl groups excluding tert-OH is 2. The molecule has 13 heteroatoms. The number of rotatable bonds is 7. The molecule has 13 nitrogen and oxygen atoms in total. The van der Waals surface area contributed by atoms with Gasteiger partial charge < -0.3 is 53.5 Å². The van der Waals surface area contributed by atoms with Gasteiger partial charge in [-0.05, 0) is 74.4 Å². The monoisotopic (exact) mass is 672 g/mol. The van der Waals surface area contributed by atoms with E-state index in [1.807, 2.05) is 46.7 Å². The van der Waals surface area contributed by atoms with Gasteiger partial charge >= 0.3 is 5.97 Å². The molecule has 4 fully saturated rings. The summed E-state index contributed by atoms with van der Waals surface area (Å²) in [4.78, 5) is 16.0. The van der Waals surface area contributed by atoms with Crippen LogP contribution in [-0.4, -0.2) is 132 Å². The fourth-order valence-electron chi connectivity index (χ4n) is 8.47. The van der Waals surface area contributed by atoms with Crippen molar-refractivity contribution < 1.29 is 53.4 Å². The van der Waals surface area contributed by atoms with Crippen LogP contribution in [0.5, 0.6) is 0 Å². The first kappa shape index (κ1) is 38.4. The zero-order valence-electron chi connectivity index (χ0n) is 30.3. The Morgan fingerprint density at radius 3 is 2.26 bits per heavy atom. The van der Waals surface area contributed by atoms with Crippen LogP contribution in [0.4, 0.5) is 0 Å². The molecule has 0 aromatic rings. The van der Waals surface area contributed by atoms with Crippen LogP contribution < -0.4 is 0 Å². The Kier molecular flexibility index (Phi) is 12.1. The molecule has 0 amide bonds. The number of hydrogen-bond donors (Lipinski definition) is 3. The second-order valence-electron chi connectivity index (χ2n) is 15.3. The zero-order chi connectivity index (χ0) is 35.2. The summed E-state index contributed by atoms with van der Waals surface area (Å²) in [5.74, 6) is -2.22. The van der Waals surface area contributed by atoms with Gasteiger partial charge in [0.2, 0.25) is 0 Å². The molecule has 0 radical (unpaired) electrons. The van der Waals surface area contributed by atoms with Crippen LogP contribution in [0, 0.1) is 23.7 Å². The lowest BCUT2D eigenvalue weighted by Crippen LogP contribution is -2.60. The number of nitrogens with zero attached hydrogens (tertiary/aromatic N) is 2.